The lowest BCUT2D eigenvalue weighted by Gasteiger charge is -2.19. The standard InChI is InChI=1S/C30H33ClN4O3/c1-3-4-12-27-33-29(31)25(20-28(36)38-2)35(27)21-23-13-15-24(16-14-23)32-30(37)26(34-17-8-9-18-34)19-22-10-6-5-7-11-22/h5-11,13-18,26H,3-4,12,19-21H2,1-2H3,(H,32,37). The molecule has 198 valence electrons. The lowest BCUT2D eigenvalue weighted by Crippen LogP contribution is -2.27. The van der Waals surface area contributed by atoms with Gasteiger partial charge in [0.15, 0.2) is 5.15 Å². The summed E-state index contributed by atoms with van der Waals surface area (Å²) < 4.78 is 8.80. The van der Waals surface area contributed by atoms with Crippen LogP contribution in [0.3, 0.4) is 0 Å². The maximum atomic E-state index is 13.3. The quantitative estimate of drug-likeness (QED) is 0.232. The molecule has 0 saturated carbocycles. The smallest absolute Gasteiger partial charge is 0.311 e. The number of amides is 1. The van der Waals surface area contributed by atoms with E-state index < -0.39 is 0 Å². The Kier molecular flexibility index (Phi) is 9.38. The lowest BCUT2D eigenvalue weighted by atomic mass is 10.0. The highest BCUT2D eigenvalue weighted by molar-refractivity contribution is 6.30. The molecule has 0 fully saturated rings. The summed E-state index contributed by atoms with van der Waals surface area (Å²) in [5, 5.41) is 3.40. The highest BCUT2D eigenvalue weighted by atomic mass is 35.5. The third-order valence-electron chi connectivity index (χ3n) is 6.52. The molecule has 2 aromatic heterocycles. The van der Waals surface area contributed by atoms with Crippen molar-refractivity contribution in [2.45, 2.75) is 51.6 Å². The Morgan fingerprint density at radius 3 is 2.37 bits per heavy atom. The van der Waals surface area contributed by atoms with Crippen molar-refractivity contribution in [1.82, 2.24) is 14.1 Å². The first-order valence-electron chi connectivity index (χ1n) is 12.8. The fraction of sp³-hybridized carbons (Fsp3) is 0.300. The molecule has 0 radical (unpaired) electrons. The molecule has 2 heterocycles. The number of aromatic nitrogens is 3. The van der Waals surface area contributed by atoms with Crippen LogP contribution in [0.15, 0.2) is 79.1 Å². The number of ether oxygens (including phenoxy) is 1. The number of nitrogens with zero attached hydrogens (tertiary/aromatic N) is 3. The highest BCUT2D eigenvalue weighted by Crippen LogP contribution is 2.23. The molecule has 0 aliphatic heterocycles. The van der Waals surface area contributed by atoms with Gasteiger partial charge >= 0.3 is 5.97 Å². The first-order chi connectivity index (χ1) is 18.5. The molecule has 1 atom stereocenters. The molecule has 0 saturated heterocycles. The molecule has 2 aromatic carbocycles. The normalized spacial score (nSPS) is 11.8. The molecule has 4 rings (SSSR count). The third-order valence-corrected chi connectivity index (χ3v) is 6.82. The maximum Gasteiger partial charge on any atom is 0.311 e. The number of hydrogen-bond donors (Lipinski definition) is 1. The molecule has 1 unspecified atom stereocenters. The van der Waals surface area contributed by atoms with Crippen molar-refractivity contribution in [2.75, 3.05) is 12.4 Å². The summed E-state index contributed by atoms with van der Waals surface area (Å²) in [7, 11) is 1.36. The second kappa shape index (κ2) is 13.1. The van der Waals surface area contributed by atoms with Gasteiger partial charge in [0.25, 0.3) is 0 Å². The van der Waals surface area contributed by atoms with Crippen molar-refractivity contribution in [1.29, 1.82) is 0 Å². The minimum absolute atomic E-state index is 0.0603. The van der Waals surface area contributed by atoms with E-state index in [0.29, 0.717) is 29.5 Å². The third kappa shape index (κ3) is 6.92. The molecule has 7 nitrogen and oxygen atoms in total. The largest absolute Gasteiger partial charge is 0.469 e. The number of esters is 1. The van der Waals surface area contributed by atoms with Gasteiger partial charge in [-0.2, -0.15) is 0 Å². The van der Waals surface area contributed by atoms with Crippen LogP contribution < -0.4 is 5.32 Å². The van der Waals surface area contributed by atoms with Gasteiger partial charge in [0.05, 0.1) is 19.2 Å². The van der Waals surface area contributed by atoms with Crippen molar-refractivity contribution in [2.24, 2.45) is 0 Å². The molecule has 0 bridgehead atoms. The SMILES string of the molecule is CCCCc1nc(Cl)c(CC(=O)OC)n1Cc1ccc(NC(=O)C(Cc2ccccc2)n2cccc2)cc1. The summed E-state index contributed by atoms with van der Waals surface area (Å²) in [6.45, 7) is 2.64. The van der Waals surface area contributed by atoms with E-state index in [9.17, 15) is 9.59 Å². The number of nitrogens with one attached hydrogen (secondary N) is 1. The monoisotopic (exact) mass is 532 g/mol. The summed E-state index contributed by atoms with van der Waals surface area (Å²) in [4.78, 5) is 29.8. The van der Waals surface area contributed by atoms with Crippen molar-refractivity contribution in [3.8, 4) is 0 Å². The number of unbranched alkanes of at least 4 members (excludes halogenated alkanes) is 1. The summed E-state index contributed by atoms with van der Waals surface area (Å²) in [6.07, 6.45) is 7.24. The number of imidazole rings is 1. The first kappa shape index (κ1) is 27.2. The average molecular weight is 533 g/mol. The minimum atomic E-state index is -0.373. The second-order valence-electron chi connectivity index (χ2n) is 9.23. The summed E-state index contributed by atoms with van der Waals surface area (Å²) in [5.41, 5.74) is 3.47. The Morgan fingerprint density at radius 1 is 1.00 bits per heavy atom. The molecular formula is C30H33ClN4O3. The van der Waals surface area contributed by atoms with Gasteiger partial charge in [-0.25, -0.2) is 4.98 Å². The van der Waals surface area contributed by atoms with Crippen LogP contribution in [0.25, 0.3) is 0 Å². The predicted octanol–water partition coefficient (Wildman–Crippen LogP) is 5.87. The van der Waals surface area contributed by atoms with E-state index in [-0.39, 0.29) is 24.3 Å². The van der Waals surface area contributed by atoms with Crippen LogP contribution in [0.4, 0.5) is 5.69 Å². The van der Waals surface area contributed by atoms with E-state index >= 15 is 0 Å². The van der Waals surface area contributed by atoms with Gasteiger partial charge in [0, 0.05) is 37.5 Å². The van der Waals surface area contributed by atoms with Gasteiger partial charge in [-0.05, 0) is 41.8 Å². The van der Waals surface area contributed by atoms with Crippen LogP contribution >= 0.6 is 11.6 Å². The fourth-order valence-corrected chi connectivity index (χ4v) is 4.69. The van der Waals surface area contributed by atoms with E-state index in [2.05, 4.69) is 17.2 Å². The van der Waals surface area contributed by atoms with Crippen LogP contribution in [0.1, 0.15) is 48.5 Å². The van der Waals surface area contributed by atoms with Crippen molar-refractivity contribution < 1.29 is 14.3 Å². The Morgan fingerprint density at radius 2 is 1.71 bits per heavy atom. The summed E-state index contributed by atoms with van der Waals surface area (Å²) >= 11 is 6.42. The summed E-state index contributed by atoms with van der Waals surface area (Å²) in [6, 6.07) is 21.2. The molecule has 8 heteroatoms. The highest BCUT2D eigenvalue weighted by Gasteiger charge is 2.21. The number of anilines is 1. The predicted molar refractivity (Wildman–Crippen MR) is 149 cm³/mol. The van der Waals surface area contributed by atoms with E-state index in [4.69, 9.17) is 16.3 Å². The van der Waals surface area contributed by atoms with Gasteiger partial charge in [0.1, 0.15) is 11.9 Å². The van der Waals surface area contributed by atoms with Crippen molar-refractivity contribution in [3.05, 3.63) is 107 Å². The number of rotatable bonds is 12. The number of carbonyl (C=O) groups is 2. The maximum absolute atomic E-state index is 13.3. The molecule has 1 amide bonds. The van der Waals surface area contributed by atoms with E-state index in [1.165, 1.54) is 7.11 Å². The van der Waals surface area contributed by atoms with Gasteiger partial charge in [-0.15, -0.1) is 0 Å². The Balaban J connectivity index is 1.50. The van der Waals surface area contributed by atoms with Gasteiger partial charge in [-0.3, -0.25) is 9.59 Å². The van der Waals surface area contributed by atoms with Crippen molar-refractivity contribution in [3.63, 3.8) is 0 Å². The molecule has 0 spiro atoms. The van der Waals surface area contributed by atoms with Gasteiger partial charge in [-0.1, -0.05) is 67.4 Å². The van der Waals surface area contributed by atoms with Crippen LogP contribution in [0, 0.1) is 0 Å². The number of hydrogen-bond acceptors (Lipinski definition) is 4. The number of methoxy groups -OCH3 is 1. The molecule has 0 aliphatic rings. The van der Waals surface area contributed by atoms with Gasteiger partial charge in [0.2, 0.25) is 5.91 Å². The Labute approximate surface area is 228 Å². The van der Waals surface area contributed by atoms with Crippen LogP contribution in [0.2, 0.25) is 5.15 Å². The molecule has 1 N–H and O–H groups in total. The Hall–Kier alpha value is -3.84. The first-order valence-corrected chi connectivity index (χ1v) is 13.2. The molecule has 4 aromatic rings. The topological polar surface area (TPSA) is 78.2 Å². The Bertz CT molecular complexity index is 1330. The lowest BCUT2D eigenvalue weighted by molar-refractivity contribution is -0.139. The van der Waals surface area contributed by atoms with Crippen LogP contribution in [-0.2, 0) is 40.1 Å². The average Bonchev–Trinajstić information content (AvgIpc) is 3.56. The zero-order chi connectivity index (χ0) is 26.9. The summed E-state index contributed by atoms with van der Waals surface area (Å²) in [5.74, 6) is 0.408. The fourth-order valence-electron chi connectivity index (χ4n) is 4.42. The van der Waals surface area contributed by atoms with Crippen LogP contribution in [-0.4, -0.2) is 33.1 Å². The minimum Gasteiger partial charge on any atom is -0.469 e. The molecule has 38 heavy (non-hydrogen) atoms. The number of carbonyl (C=O) groups excluding carboxylic acids is 2. The van der Waals surface area contributed by atoms with E-state index in [1.807, 2.05) is 88.3 Å². The van der Waals surface area contributed by atoms with Crippen LogP contribution in [0.5, 0.6) is 0 Å². The molecular weight excluding hydrogens is 500 g/mol. The second-order valence-corrected chi connectivity index (χ2v) is 9.59. The zero-order valence-electron chi connectivity index (χ0n) is 21.8. The number of benzene rings is 2. The number of halogens is 1. The molecule has 0 aliphatic carbocycles. The zero-order valence-corrected chi connectivity index (χ0v) is 22.5. The van der Waals surface area contributed by atoms with E-state index in [1.54, 1.807) is 0 Å². The van der Waals surface area contributed by atoms with E-state index in [0.717, 1.165) is 36.2 Å². The van der Waals surface area contributed by atoms with Crippen molar-refractivity contribution >= 4 is 29.2 Å². The van der Waals surface area contributed by atoms with Gasteiger partial charge < -0.3 is 19.2 Å². The number of aryl methyl sites for hydroxylation is 1.